The summed E-state index contributed by atoms with van der Waals surface area (Å²) < 4.78 is 10.1. The van der Waals surface area contributed by atoms with Crippen molar-refractivity contribution >= 4 is 23.4 Å². The Bertz CT molecular complexity index is 543. The van der Waals surface area contributed by atoms with Crippen molar-refractivity contribution in [2.45, 2.75) is 6.04 Å². The summed E-state index contributed by atoms with van der Waals surface area (Å²) in [6.07, 6.45) is -0.559. The van der Waals surface area contributed by atoms with Gasteiger partial charge in [-0.2, -0.15) is 0 Å². The number of hydrogen-bond acceptors (Lipinski definition) is 5. The molecule has 2 heterocycles. The number of cyclic esters (lactones) is 1. The van der Waals surface area contributed by atoms with Crippen LogP contribution in [-0.2, 0) is 14.3 Å². The molecule has 0 saturated carbocycles. The van der Waals surface area contributed by atoms with Gasteiger partial charge < -0.3 is 25.0 Å². The summed E-state index contributed by atoms with van der Waals surface area (Å²) in [5, 5.41) is 5.32. The normalized spacial score (nSPS) is 21.6. The molecule has 112 valence electrons. The Kier molecular flexibility index (Phi) is 3.92. The zero-order valence-electron chi connectivity index (χ0n) is 11.5. The fraction of sp³-hybridized carbons (Fsp3) is 0.429. The quantitative estimate of drug-likeness (QED) is 0.851. The number of para-hydroxylation sites is 2. The number of carbonyl (C=O) groups excluding carboxylic acids is 2. The highest BCUT2D eigenvalue weighted by molar-refractivity contribution is 6.00. The van der Waals surface area contributed by atoms with Crippen LogP contribution in [0.25, 0.3) is 0 Å². The lowest BCUT2D eigenvalue weighted by atomic mass is 10.2. The van der Waals surface area contributed by atoms with Crippen molar-refractivity contribution in [2.75, 3.05) is 43.1 Å². The number of alkyl carbamates (subject to hydrolysis) is 1. The van der Waals surface area contributed by atoms with Gasteiger partial charge in [-0.1, -0.05) is 12.1 Å². The number of carbonyl (C=O) groups is 2. The molecule has 7 heteroatoms. The van der Waals surface area contributed by atoms with Crippen LogP contribution in [0.15, 0.2) is 24.3 Å². The SMILES string of the molecule is O=C1NC(C(=O)Nc2ccccc2N2CCOCC2)CO1. The third-order valence-corrected chi connectivity index (χ3v) is 3.50. The highest BCUT2D eigenvalue weighted by Gasteiger charge is 2.29. The average Bonchev–Trinajstić information content (AvgIpc) is 2.95. The number of rotatable bonds is 3. The van der Waals surface area contributed by atoms with Gasteiger partial charge in [0.25, 0.3) is 5.91 Å². The Morgan fingerprint density at radius 1 is 1.29 bits per heavy atom. The Balaban J connectivity index is 1.72. The minimum Gasteiger partial charge on any atom is -0.447 e. The van der Waals surface area contributed by atoms with E-state index in [-0.39, 0.29) is 12.5 Å². The second-order valence-corrected chi connectivity index (χ2v) is 4.90. The van der Waals surface area contributed by atoms with Crippen molar-refractivity contribution in [3.05, 3.63) is 24.3 Å². The molecule has 1 aromatic carbocycles. The summed E-state index contributed by atoms with van der Waals surface area (Å²) in [6, 6.07) is 6.96. The molecule has 1 aromatic rings. The maximum absolute atomic E-state index is 12.1. The van der Waals surface area contributed by atoms with Crippen molar-refractivity contribution in [3.63, 3.8) is 0 Å². The molecule has 2 fully saturated rings. The fourth-order valence-corrected chi connectivity index (χ4v) is 2.41. The molecular weight excluding hydrogens is 274 g/mol. The summed E-state index contributed by atoms with van der Waals surface area (Å²) in [5.41, 5.74) is 1.69. The Labute approximate surface area is 122 Å². The molecule has 3 rings (SSSR count). The number of ether oxygens (including phenoxy) is 2. The molecule has 21 heavy (non-hydrogen) atoms. The van der Waals surface area contributed by atoms with Crippen LogP contribution in [0.1, 0.15) is 0 Å². The second kappa shape index (κ2) is 6.01. The fourth-order valence-electron chi connectivity index (χ4n) is 2.41. The summed E-state index contributed by atoms with van der Waals surface area (Å²) in [4.78, 5) is 25.3. The molecule has 2 saturated heterocycles. The van der Waals surface area contributed by atoms with Crippen LogP contribution in [0.5, 0.6) is 0 Å². The number of benzene rings is 1. The van der Waals surface area contributed by atoms with Crippen LogP contribution in [0, 0.1) is 0 Å². The third-order valence-electron chi connectivity index (χ3n) is 3.50. The molecule has 0 bridgehead atoms. The zero-order chi connectivity index (χ0) is 14.7. The topological polar surface area (TPSA) is 79.9 Å². The molecule has 0 aliphatic carbocycles. The second-order valence-electron chi connectivity index (χ2n) is 4.90. The predicted molar refractivity (Wildman–Crippen MR) is 76.4 cm³/mol. The molecule has 2 N–H and O–H groups in total. The van der Waals surface area contributed by atoms with Gasteiger partial charge in [0.15, 0.2) is 0 Å². The van der Waals surface area contributed by atoms with Crippen LogP contribution in [0.3, 0.4) is 0 Å². The predicted octanol–water partition coefficient (Wildman–Crippen LogP) is 0.570. The van der Waals surface area contributed by atoms with Gasteiger partial charge in [-0.15, -0.1) is 0 Å². The van der Waals surface area contributed by atoms with Crippen molar-refractivity contribution in [2.24, 2.45) is 0 Å². The number of nitrogens with one attached hydrogen (secondary N) is 2. The zero-order valence-corrected chi connectivity index (χ0v) is 11.5. The Morgan fingerprint density at radius 2 is 2.05 bits per heavy atom. The van der Waals surface area contributed by atoms with Gasteiger partial charge in [-0.3, -0.25) is 4.79 Å². The highest BCUT2D eigenvalue weighted by Crippen LogP contribution is 2.26. The highest BCUT2D eigenvalue weighted by atomic mass is 16.6. The molecule has 0 radical (unpaired) electrons. The van der Waals surface area contributed by atoms with E-state index in [2.05, 4.69) is 15.5 Å². The Hall–Kier alpha value is -2.28. The molecule has 1 atom stereocenters. The van der Waals surface area contributed by atoms with E-state index in [0.29, 0.717) is 13.2 Å². The smallest absolute Gasteiger partial charge is 0.407 e. The number of morpholine rings is 1. The van der Waals surface area contributed by atoms with Gasteiger partial charge in [0.05, 0.1) is 24.6 Å². The summed E-state index contributed by atoms with van der Waals surface area (Å²) >= 11 is 0. The van der Waals surface area contributed by atoms with Crippen molar-refractivity contribution in [3.8, 4) is 0 Å². The first-order chi connectivity index (χ1) is 10.2. The van der Waals surface area contributed by atoms with E-state index < -0.39 is 12.1 Å². The first-order valence-corrected chi connectivity index (χ1v) is 6.90. The van der Waals surface area contributed by atoms with E-state index in [9.17, 15) is 9.59 Å². The molecular formula is C14H17N3O4. The third kappa shape index (κ3) is 3.08. The molecule has 7 nitrogen and oxygen atoms in total. The van der Waals surface area contributed by atoms with Gasteiger partial charge in [-0.25, -0.2) is 4.79 Å². The van der Waals surface area contributed by atoms with Crippen LogP contribution in [-0.4, -0.2) is 51.0 Å². The first-order valence-electron chi connectivity index (χ1n) is 6.90. The molecule has 1 unspecified atom stereocenters. The van der Waals surface area contributed by atoms with Gasteiger partial charge in [0.1, 0.15) is 12.6 Å². The molecule has 2 aliphatic rings. The summed E-state index contributed by atoms with van der Waals surface area (Å²) in [6.45, 7) is 2.99. The Morgan fingerprint density at radius 3 is 2.76 bits per heavy atom. The lowest BCUT2D eigenvalue weighted by molar-refractivity contribution is -0.117. The van der Waals surface area contributed by atoms with Crippen molar-refractivity contribution < 1.29 is 19.1 Å². The first kappa shape index (κ1) is 13.7. The van der Waals surface area contributed by atoms with E-state index in [1.165, 1.54) is 0 Å². The lowest BCUT2D eigenvalue weighted by Crippen LogP contribution is -2.40. The number of amides is 2. The van der Waals surface area contributed by atoms with Crippen LogP contribution in [0.4, 0.5) is 16.2 Å². The summed E-state index contributed by atoms with van der Waals surface area (Å²) in [7, 11) is 0. The maximum Gasteiger partial charge on any atom is 0.407 e. The van der Waals surface area contributed by atoms with Gasteiger partial charge in [0, 0.05) is 13.1 Å². The molecule has 2 amide bonds. The van der Waals surface area contributed by atoms with Crippen molar-refractivity contribution in [1.29, 1.82) is 0 Å². The summed E-state index contributed by atoms with van der Waals surface area (Å²) in [5.74, 6) is -0.276. The van der Waals surface area contributed by atoms with Crippen molar-refractivity contribution in [1.82, 2.24) is 5.32 Å². The van der Waals surface area contributed by atoms with Crippen LogP contribution < -0.4 is 15.5 Å². The standard InChI is InChI=1S/C14H17N3O4/c18-13(11-9-21-14(19)16-11)15-10-3-1-2-4-12(10)17-5-7-20-8-6-17/h1-4,11H,5-9H2,(H,15,18)(H,16,19). The minimum absolute atomic E-state index is 0.0599. The molecule has 2 aliphatic heterocycles. The van der Waals surface area contributed by atoms with E-state index in [0.717, 1.165) is 24.5 Å². The molecule has 0 spiro atoms. The van der Waals surface area contributed by atoms with Gasteiger partial charge in [0.2, 0.25) is 0 Å². The van der Waals surface area contributed by atoms with E-state index in [1.54, 1.807) is 0 Å². The number of anilines is 2. The van der Waals surface area contributed by atoms with Crippen LogP contribution >= 0.6 is 0 Å². The van der Waals surface area contributed by atoms with E-state index in [4.69, 9.17) is 9.47 Å². The van der Waals surface area contributed by atoms with Gasteiger partial charge >= 0.3 is 6.09 Å². The number of hydrogen-bond donors (Lipinski definition) is 2. The largest absolute Gasteiger partial charge is 0.447 e. The minimum atomic E-state index is -0.643. The van der Waals surface area contributed by atoms with Crippen LogP contribution in [0.2, 0.25) is 0 Å². The number of nitrogens with zero attached hydrogens (tertiary/aromatic N) is 1. The lowest BCUT2D eigenvalue weighted by Gasteiger charge is -2.30. The maximum atomic E-state index is 12.1. The van der Waals surface area contributed by atoms with Gasteiger partial charge in [-0.05, 0) is 12.1 Å². The van der Waals surface area contributed by atoms with E-state index >= 15 is 0 Å². The van der Waals surface area contributed by atoms with E-state index in [1.807, 2.05) is 24.3 Å². The average molecular weight is 291 g/mol. The molecule has 0 aromatic heterocycles. The monoisotopic (exact) mass is 291 g/mol.